The summed E-state index contributed by atoms with van der Waals surface area (Å²) in [6.07, 6.45) is 18.4. The monoisotopic (exact) mass is 306 g/mol. The molecule has 2 saturated carbocycles. The van der Waals surface area contributed by atoms with E-state index >= 15 is 0 Å². The van der Waals surface area contributed by atoms with Crippen LogP contribution in [0.2, 0.25) is 0 Å². The smallest absolute Gasteiger partial charge is 0.0547 e. The Morgan fingerprint density at radius 3 is 1.77 bits per heavy atom. The molecular formula is C21H38O. The Morgan fingerprint density at radius 1 is 0.636 bits per heavy atom. The zero-order chi connectivity index (χ0) is 15.4. The average molecular weight is 307 g/mol. The Balaban J connectivity index is 1.32. The largest absolute Gasteiger partial charge is 0.378 e. The molecule has 2 atom stereocenters. The van der Waals surface area contributed by atoms with Crippen molar-refractivity contribution in [2.24, 2.45) is 29.6 Å². The molecule has 0 amide bonds. The van der Waals surface area contributed by atoms with Crippen molar-refractivity contribution in [1.29, 1.82) is 0 Å². The Labute approximate surface area is 138 Å². The fourth-order valence-corrected chi connectivity index (χ4v) is 5.34. The maximum Gasteiger partial charge on any atom is 0.0547 e. The van der Waals surface area contributed by atoms with E-state index in [9.17, 15) is 0 Å². The van der Waals surface area contributed by atoms with Gasteiger partial charge in [-0.15, -0.1) is 0 Å². The first-order valence-corrected chi connectivity index (χ1v) is 10.3. The van der Waals surface area contributed by atoms with Gasteiger partial charge in [0.2, 0.25) is 0 Å². The van der Waals surface area contributed by atoms with Gasteiger partial charge in [-0.3, -0.25) is 0 Å². The molecule has 0 aromatic rings. The van der Waals surface area contributed by atoms with Crippen LogP contribution in [0.15, 0.2) is 0 Å². The second-order valence-corrected chi connectivity index (χ2v) is 8.97. The van der Waals surface area contributed by atoms with Crippen LogP contribution in [0.1, 0.15) is 90.9 Å². The fourth-order valence-electron chi connectivity index (χ4n) is 5.34. The minimum atomic E-state index is 0.518. The highest BCUT2D eigenvalue weighted by Gasteiger charge is 2.30. The summed E-state index contributed by atoms with van der Waals surface area (Å²) in [5, 5.41) is 0. The van der Waals surface area contributed by atoms with Gasteiger partial charge in [0.15, 0.2) is 0 Å². The van der Waals surface area contributed by atoms with Crippen molar-refractivity contribution in [2.45, 2.75) is 97.0 Å². The van der Waals surface area contributed by atoms with E-state index in [4.69, 9.17) is 4.74 Å². The Morgan fingerprint density at radius 2 is 1.18 bits per heavy atom. The standard InChI is InChI=1S/C21H38O/c1-16-3-11-20(12-4-16)21-13-9-18(10-14-21)7-8-19-6-5-17(2)22-15-19/h16-21H,3-15H2,1-2H3. The van der Waals surface area contributed by atoms with Gasteiger partial charge in [0.1, 0.15) is 0 Å². The summed E-state index contributed by atoms with van der Waals surface area (Å²) in [4.78, 5) is 0. The summed E-state index contributed by atoms with van der Waals surface area (Å²) in [7, 11) is 0. The molecule has 3 fully saturated rings. The molecule has 0 N–H and O–H groups in total. The molecule has 3 aliphatic rings. The molecule has 0 radical (unpaired) electrons. The number of ether oxygens (including phenoxy) is 1. The van der Waals surface area contributed by atoms with E-state index in [0.717, 1.165) is 36.2 Å². The number of hydrogen-bond acceptors (Lipinski definition) is 1. The molecule has 0 bridgehead atoms. The van der Waals surface area contributed by atoms with Gasteiger partial charge in [0, 0.05) is 6.61 Å². The van der Waals surface area contributed by atoms with E-state index in [-0.39, 0.29) is 0 Å². The predicted octanol–water partition coefficient (Wildman–Crippen LogP) is 6.21. The van der Waals surface area contributed by atoms with Crippen LogP contribution in [0.4, 0.5) is 0 Å². The third-order valence-corrected chi connectivity index (χ3v) is 7.20. The minimum absolute atomic E-state index is 0.518. The highest BCUT2D eigenvalue weighted by Crippen LogP contribution is 2.42. The first-order chi connectivity index (χ1) is 10.7. The topological polar surface area (TPSA) is 9.23 Å². The molecule has 0 spiro atoms. The lowest BCUT2D eigenvalue weighted by Gasteiger charge is -2.37. The lowest BCUT2D eigenvalue weighted by Crippen LogP contribution is -2.26. The maximum atomic E-state index is 5.84. The van der Waals surface area contributed by atoms with Gasteiger partial charge in [0.25, 0.3) is 0 Å². The highest BCUT2D eigenvalue weighted by atomic mass is 16.5. The molecule has 22 heavy (non-hydrogen) atoms. The summed E-state index contributed by atoms with van der Waals surface area (Å²) in [6, 6.07) is 0. The van der Waals surface area contributed by atoms with E-state index < -0.39 is 0 Å². The lowest BCUT2D eigenvalue weighted by molar-refractivity contribution is -0.00931. The summed E-state index contributed by atoms with van der Waals surface area (Å²) < 4.78 is 5.84. The molecule has 0 aromatic carbocycles. The van der Waals surface area contributed by atoms with E-state index in [1.807, 2.05) is 0 Å². The minimum Gasteiger partial charge on any atom is -0.378 e. The highest BCUT2D eigenvalue weighted by molar-refractivity contribution is 4.81. The van der Waals surface area contributed by atoms with Gasteiger partial charge in [-0.25, -0.2) is 0 Å². The van der Waals surface area contributed by atoms with Gasteiger partial charge < -0.3 is 4.74 Å². The predicted molar refractivity (Wildman–Crippen MR) is 93.9 cm³/mol. The number of rotatable bonds is 4. The van der Waals surface area contributed by atoms with Crippen molar-refractivity contribution in [2.75, 3.05) is 6.61 Å². The fraction of sp³-hybridized carbons (Fsp3) is 1.00. The van der Waals surface area contributed by atoms with E-state index in [2.05, 4.69) is 13.8 Å². The third-order valence-electron chi connectivity index (χ3n) is 7.20. The van der Waals surface area contributed by atoms with Crippen LogP contribution >= 0.6 is 0 Å². The van der Waals surface area contributed by atoms with Crippen molar-refractivity contribution >= 4 is 0 Å². The zero-order valence-corrected chi connectivity index (χ0v) is 15.1. The number of hydrogen-bond donors (Lipinski definition) is 0. The van der Waals surface area contributed by atoms with Crippen LogP contribution in [0.3, 0.4) is 0 Å². The van der Waals surface area contributed by atoms with Gasteiger partial charge in [-0.2, -0.15) is 0 Å². The third kappa shape index (κ3) is 4.73. The molecule has 0 aromatic heterocycles. The summed E-state index contributed by atoms with van der Waals surface area (Å²) >= 11 is 0. The van der Waals surface area contributed by atoms with Crippen molar-refractivity contribution in [3.05, 3.63) is 0 Å². The van der Waals surface area contributed by atoms with Gasteiger partial charge >= 0.3 is 0 Å². The van der Waals surface area contributed by atoms with Crippen LogP contribution < -0.4 is 0 Å². The molecule has 1 nitrogen and oxygen atoms in total. The van der Waals surface area contributed by atoms with E-state index in [0.29, 0.717) is 6.10 Å². The second kappa shape index (κ2) is 8.18. The zero-order valence-electron chi connectivity index (χ0n) is 15.1. The Bertz CT molecular complexity index is 302. The van der Waals surface area contributed by atoms with Crippen molar-refractivity contribution in [1.82, 2.24) is 0 Å². The van der Waals surface area contributed by atoms with Gasteiger partial charge in [0.05, 0.1) is 6.10 Å². The molecule has 1 heteroatoms. The molecule has 1 heterocycles. The first kappa shape index (κ1) is 16.8. The van der Waals surface area contributed by atoms with Crippen molar-refractivity contribution in [3.8, 4) is 0 Å². The van der Waals surface area contributed by atoms with E-state index in [1.165, 1.54) is 64.2 Å². The summed E-state index contributed by atoms with van der Waals surface area (Å²) in [6.45, 7) is 5.71. The first-order valence-electron chi connectivity index (χ1n) is 10.3. The SMILES string of the molecule is CC1CCC(C2CCC(CCC3CCC(C)OC3)CC2)CC1. The molecule has 2 aliphatic carbocycles. The molecule has 1 aliphatic heterocycles. The maximum absolute atomic E-state index is 5.84. The molecular weight excluding hydrogens is 268 g/mol. The van der Waals surface area contributed by atoms with Crippen molar-refractivity contribution < 1.29 is 4.74 Å². The second-order valence-electron chi connectivity index (χ2n) is 8.97. The van der Waals surface area contributed by atoms with Crippen LogP contribution in [0, 0.1) is 29.6 Å². The van der Waals surface area contributed by atoms with Crippen LogP contribution in [-0.2, 0) is 4.74 Å². The van der Waals surface area contributed by atoms with Crippen molar-refractivity contribution in [3.63, 3.8) is 0 Å². The van der Waals surface area contributed by atoms with Gasteiger partial charge in [-0.1, -0.05) is 39.0 Å². The van der Waals surface area contributed by atoms with Crippen LogP contribution in [0.25, 0.3) is 0 Å². The summed E-state index contributed by atoms with van der Waals surface area (Å²) in [5.41, 5.74) is 0. The molecule has 3 rings (SSSR count). The molecule has 2 unspecified atom stereocenters. The Kier molecular flexibility index (Phi) is 6.24. The quantitative estimate of drug-likeness (QED) is 0.599. The Hall–Kier alpha value is -0.0400. The van der Waals surface area contributed by atoms with Crippen LogP contribution in [-0.4, -0.2) is 12.7 Å². The van der Waals surface area contributed by atoms with E-state index in [1.54, 1.807) is 12.8 Å². The van der Waals surface area contributed by atoms with Gasteiger partial charge in [-0.05, 0) is 81.5 Å². The lowest BCUT2D eigenvalue weighted by atomic mass is 9.68. The molecule has 1 saturated heterocycles. The summed E-state index contributed by atoms with van der Waals surface area (Å²) in [5.74, 6) is 5.09. The molecule has 128 valence electrons. The normalized spacial score (nSPS) is 43.9. The average Bonchev–Trinajstić information content (AvgIpc) is 2.56. The van der Waals surface area contributed by atoms with Crippen LogP contribution in [0.5, 0.6) is 0 Å².